The van der Waals surface area contributed by atoms with E-state index in [1.165, 1.54) is 0 Å². The van der Waals surface area contributed by atoms with Gasteiger partial charge in [-0.3, -0.25) is 9.48 Å². The first-order chi connectivity index (χ1) is 9.66. The lowest BCUT2D eigenvalue weighted by Gasteiger charge is -2.09. The quantitative estimate of drug-likeness (QED) is 0.833. The molecule has 0 aliphatic heterocycles. The third-order valence-corrected chi connectivity index (χ3v) is 3.26. The van der Waals surface area contributed by atoms with Gasteiger partial charge in [0, 0.05) is 12.4 Å². The van der Waals surface area contributed by atoms with Gasteiger partial charge in [0.15, 0.2) is 0 Å². The highest BCUT2D eigenvalue weighted by molar-refractivity contribution is 6.42. The summed E-state index contributed by atoms with van der Waals surface area (Å²) in [6, 6.07) is 6.92. The molecule has 0 spiro atoms. The highest BCUT2D eigenvalue weighted by Gasteiger charge is 2.06. The van der Waals surface area contributed by atoms with Crippen molar-refractivity contribution in [1.29, 1.82) is 0 Å². The van der Waals surface area contributed by atoms with Crippen molar-refractivity contribution in [3.8, 4) is 5.75 Å². The minimum absolute atomic E-state index is 0.130. The number of benzene rings is 1. The molecule has 1 aromatic carbocycles. The van der Waals surface area contributed by atoms with Crippen LogP contribution in [0.3, 0.4) is 0 Å². The predicted molar refractivity (Wildman–Crippen MR) is 77.2 cm³/mol. The fourth-order valence-electron chi connectivity index (χ4n) is 1.54. The van der Waals surface area contributed by atoms with Crippen molar-refractivity contribution in [2.24, 2.45) is 0 Å². The summed E-state index contributed by atoms with van der Waals surface area (Å²) in [6.07, 6.45) is 3.35. The summed E-state index contributed by atoms with van der Waals surface area (Å²) in [5.41, 5.74) is 0. The number of nitrogens with one attached hydrogen (secondary N) is 1. The van der Waals surface area contributed by atoms with Crippen LogP contribution in [0.1, 0.15) is 0 Å². The van der Waals surface area contributed by atoms with Crippen LogP contribution in [0.2, 0.25) is 10.0 Å². The van der Waals surface area contributed by atoms with Crippen LogP contribution in [0.5, 0.6) is 5.75 Å². The summed E-state index contributed by atoms with van der Waals surface area (Å²) in [4.78, 5) is 11.6. The van der Waals surface area contributed by atoms with E-state index in [2.05, 4.69) is 10.4 Å². The largest absolute Gasteiger partial charge is 0.490 e. The zero-order valence-corrected chi connectivity index (χ0v) is 12.1. The van der Waals surface area contributed by atoms with E-state index in [-0.39, 0.29) is 12.5 Å². The fourth-order valence-corrected chi connectivity index (χ4v) is 1.89. The molecule has 106 valence electrons. The molecule has 1 heterocycles. The predicted octanol–water partition coefficient (Wildman–Crippen LogP) is 2.39. The van der Waals surface area contributed by atoms with E-state index in [1.807, 2.05) is 0 Å². The van der Waals surface area contributed by atoms with Gasteiger partial charge in [0.05, 0.1) is 11.6 Å². The second-order valence-electron chi connectivity index (χ2n) is 3.95. The molecule has 1 amide bonds. The number of nitrogens with zero attached hydrogens (tertiary/aromatic N) is 2. The Morgan fingerprint density at radius 1 is 1.35 bits per heavy atom. The van der Waals surface area contributed by atoms with Crippen molar-refractivity contribution < 1.29 is 9.53 Å². The van der Waals surface area contributed by atoms with Crippen molar-refractivity contribution in [3.05, 3.63) is 46.7 Å². The standard InChI is InChI=1S/C13H13Cl2N3O2/c14-10-3-1-4-11(13(10)15)20-8-6-16-12(19)9-18-7-2-5-17-18/h1-5,7H,6,8-9H2,(H,16,19). The van der Waals surface area contributed by atoms with Crippen LogP contribution < -0.4 is 10.1 Å². The average molecular weight is 314 g/mol. The van der Waals surface area contributed by atoms with Gasteiger partial charge in [-0.1, -0.05) is 29.3 Å². The topological polar surface area (TPSA) is 56.2 Å². The number of amides is 1. The smallest absolute Gasteiger partial charge is 0.241 e. The lowest BCUT2D eigenvalue weighted by atomic mass is 10.3. The van der Waals surface area contributed by atoms with Crippen molar-refractivity contribution >= 4 is 29.1 Å². The molecule has 2 rings (SSSR count). The molecule has 20 heavy (non-hydrogen) atoms. The number of hydrogen-bond acceptors (Lipinski definition) is 3. The molecule has 0 fully saturated rings. The number of aromatic nitrogens is 2. The van der Waals surface area contributed by atoms with Crippen LogP contribution in [0.4, 0.5) is 0 Å². The van der Waals surface area contributed by atoms with Crippen molar-refractivity contribution in [1.82, 2.24) is 15.1 Å². The molecule has 0 aliphatic rings. The Labute approximate surface area is 126 Å². The van der Waals surface area contributed by atoms with E-state index in [0.717, 1.165) is 0 Å². The Balaban J connectivity index is 1.71. The summed E-state index contributed by atoms with van der Waals surface area (Å²) in [6.45, 7) is 0.874. The second kappa shape index (κ2) is 7.17. The Kier molecular flexibility index (Phi) is 5.26. The van der Waals surface area contributed by atoms with Crippen molar-refractivity contribution in [3.63, 3.8) is 0 Å². The maximum Gasteiger partial charge on any atom is 0.241 e. The molecule has 1 N–H and O–H groups in total. The summed E-state index contributed by atoms with van der Waals surface area (Å²) in [5.74, 6) is 0.370. The number of halogens is 2. The van der Waals surface area contributed by atoms with E-state index >= 15 is 0 Å². The van der Waals surface area contributed by atoms with Crippen LogP contribution in [0, 0.1) is 0 Å². The lowest BCUT2D eigenvalue weighted by Crippen LogP contribution is -2.31. The van der Waals surface area contributed by atoms with Crippen LogP contribution in [-0.2, 0) is 11.3 Å². The Bertz CT molecular complexity index is 573. The highest BCUT2D eigenvalue weighted by atomic mass is 35.5. The molecular weight excluding hydrogens is 301 g/mol. The molecule has 5 nitrogen and oxygen atoms in total. The SMILES string of the molecule is O=C(Cn1cccn1)NCCOc1cccc(Cl)c1Cl. The van der Waals surface area contributed by atoms with Gasteiger partial charge in [-0.15, -0.1) is 0 Å². The van der Waals surface area contributed by atoms with Crippen LogP contribution >= 0.6 is 23.2 Å². The van der Waals surface area contributed by atoms with Gasteiger partial charge in [-0.2, -0.15) is 5.10 Å². The summed E-state index contributed by atoms with van der Waals surface area (Å²) >= 11 is 11.8. The van der Waals surface area contributed by atoms with Gasteiger partial charge < -0.3 is 10.1 Å². The van der Waals surface area contributed by atoms with E-state index < -0.39 is 0 Å². The summed E-state index contributed by atoms with van der Waals surface area (Å²) in [7, 11) is 0. The van der Waals surface area contributed by atoms with E-state index in [4.69, 9.17) is 27.9 Å². The van der Waals surface area contributed by atoms with Gasteiger partial charge in [0.25, 0.3) is 0 Å². The van der Waals surface area contributed by atoms with E-state index in [0.29, 0.717) is 28.9 Å². The maximum atomic E-state index is 11.6. The number of carbonyl (C=O) groups excluding carboxylic acids is 1. The Morgan fingerprint density at radius 2 is 2.20 bits per heavy atom. The Hall–Kier alpha value is -1.72. The number of ether oxygens (including phenoxy) is 1. The molecule has 0 saturated heterocycles. The molecule has 2 aromatic rings. The van der Waals surface area contributed by atoms with Gasteiger partial charge in [0.1, 0.15) is 23.9 Å². The van der Waals surface area contributed by atoms with Crippen molar-refractivity contribution in [2.75, 3.05) is 13.2 Å². The first kappa shape index (κ1) is 14.7. The van der Waals surface area contributed by atoms with Gasteiger partial charge in [-0.25, -0.2) is 0 Å². The maximum absolute atomic E-state index is 11.6. The third-order valence-electron chi connectivity index (χ3n) is 2.46. The monoisotopic (exact) mass is 313 g/mol. The van der Waals surface area contributed by atoms with Gasteiger partial charge in [-0.05, 0) is 18.2 Å². The van der Waals surface area contributed by atoms with E-state index in [9.17, 15) is 4.79 Å². The fraction of sp³-hybridized carbons (Fsp3) is 0.231. The second-order valence-corrected chi connectivity index (χ2v) is 4.74. The van der Waals surface area contributed by atoms with Crippen molar-refractivity contribution in [2.45, 2.75) is 6.54 Å². The molecule has 0 aliphatic carbocycles. The molecule has 1 aromatic heterocycles. The number of rotatable bonds is 6. The molecule has 0 bridgehead atoms. The van der Waals surface area contributed by atoms with Crippen LogP contribution in [0.25, 0.3) is 0 Å². The molecular formula is C13H13Cl2N3O2. The van der Waals surface area contributed by atoms with Gasteiger partial charge in [0.2, 0.25) is 5.91 Å². The first-order valence-electron chi connectivity index (χ1n) is 5.98. The van der Waals surface area contributed by atoms with Crippen LogP contribution in [-0.4, -0.2) is 28.8 Å². The van der Waals surface area contributed by atoms with Gasteiger partial charge >= 0.3 is 0 Å². The average Bonchev–Trinajstić information content (AvgIpc) is 2.92. The van der Waals surface area contributed by atoms with Crippen LogP contribution in [0.15, 0.2) is 36.7 Å². The lowest BCUT2D eigenvalue weighted by molar-refractivity contribution is -0.121. The molecule has 0 atom stereocenters. The highest BCUT2D eigenvalue weighted by Crippen LogP contribution is 2.31. The molecule has 0 unspecified atom stereocenters. The number of carbonyl (C=O) groups is 1. The summed E-state index contributed by atoms with van der Waals surface area (Å²) in [5, 5.41) is 7.48. The molecule has 0 radical (unpaired) electrons. The summed E-state index contributed by atoms with van der Waals surface area (Å²) < 4.78 is 7.00. The minimum Gasteiger partial charge on any atom is -0.490 e. The Morgan fingerprint density at radius 3 is 2.95 bits per heavy atom. The normalized spacial score (nSPS) is 10.3. The minimum atomic E-state index is -0.130. The zero-order valence-electron chi connectivity index (χ0n) is 10.6. The number of hydrogen-bond donors (Lipinski definition) is 1. The third kappa shape index (κ3) is 4.15. The van der Waals surface area contributed by atoms with E-state index in [1.54, 1.807) is 41.3 Å². The zero-order chi connectivity index (χ0) is 14.4. The molecule has 7 heteroatoms. The first-order valence-corrected chi connectivity index (χ1v) is 6.73. The molecule has 0 saturated carbocycles.